The van der Waals surface area contributed by atoms with Crippen molar-refractivity contribution in [3.05, 3.63) is 54.0 Å². The van der Waals surface area contributed by atoms with Crippen LogP contribution in [-0.4, -0.2) is 26.5 Å². The van der Waals surface area contributed by atoms with Gasteiger partial charge in [-0.05, 0) is 50.2 Å². The van der Waals surface area contributed by atoms with E-state index in [1.54, 1.807) is 34.9 Å². The summed E-state index contributed by atoms with van der Waals surface area (Å²) in [5.41, 5.74) is 1.85. The van der Waals surface area contributed by atoms with Gasteiger partial charge in [0.1, 0.15) is 5.82 Å². The molecule has 3 aromatic rings. The number of nitrogens with zero attached hydrogens (tertiary/aromatic N) is 3. The van der Waals surface area contributed by atoms with Gasteiger partial charge >= 0.3 is 0 Å². The molecule has 0 atom stereocenters. The number of aromatic nitrogens is 3. The summed E-state index contributed by atoms with van der Waals surface area (Å²) in [6, 6.07) is 9.49. The number of carbonyl (C=O) groups excluding carboxylic acids is 1. The predicted molar refractivity (Wildman–Crippen MR) is 81.0 cm³/mol. The average molecular weight is 298 g/mol. The Bertz CT molecular complexity index is 824. The van der Waals surface area contributed by atoms with Crippen molar-refractivity contribution in [2.24, 2.45) is 0 Å². The Morgan fingerprint density at radius 1 is 1.18 bits per heavy atom. The highest BCUT2D eigenvalue weighted by atomic mass is 19.1. The number of amides is 1. The van der Waals surface area contributed by atoms with Crippen molar-refractivity contribution in [2.45, 2.75) is 19.9 Å². The molecule has 0 unspecified atom stereocenters. The van der Waals surface area contributed by atoms with E-state index in [0.29, 0.717) is 17.0 Å². The summed E-state index contributed by atoms with van der Waals surface area (Å²) < 4.78 is 14.8. The second kappa shape index (κ2) is 5.55. The van der Waals surface area contributed by atoms with Crippen LogP contribution in [0.1, 0.15) is 24.2 Å². The standard InChI is InChI=1S/C16H15FN4O/c1-10(2)18-16(22)12-7-8-21-14(9-12)19-20-15(21)11-3-5-13(17)6-4-11/h3-10H,1-2H3,(H,18,22). The highest BCUT2D eigenvalue weighted by Gasteiger charge is 2.12. The van der Waals surface area contributed by atoms with Crippen LogP contribution in [0.3, 0.4) is 0 Å². The van der Waals surface area contributed by atoms with E-state index in [-0.39, 0.29) is 17.8 Å². The minimum absolute atomic E-state index is 0.0661. The second-order valence-corrected chi connectivity index (χ2v) is 5.30. The average Bonchev–Trinajstić information content (AvgIpc) is 2.90. The first-order valence-corrected chi connectivity index (χ1v) is 6.96. The smallest absolute Gasteiger partial charge is 0.251 e. The van der Waals surface area contributed by atoms with Gasteiger partial charge in [0.25, 0.3) is 5.91 Å². The van der Waals surface area contributed by atoms with Gasteiger partial charge in [-0.1, -0.05) is 0 Å². The lowest BCUT2D eigenvalue weighted by molar-refractivity contribution is 0.0943. The van der Waals surface area contributed by atoms with Gasteiger partial charge in [0.05, 0.1) is 0 Å². The van der Waals surface area contributed by atoms with Crippen LogP contribution < -0.4 is 5.32 Å². The third-order valence-electron chi connectivity index (χ3n) is 3.19. The minimum Gasteiger partial charge on any atom is -0.350 e. The number of nitrogens with one attached hydrogen (secondary N) is 1. The van der Waals surface area contributed by atoms with Crippen molar-refractivity contribution in [1.29, 1.82) is 0 Å². The van der Waals surface area contributed by atoms with E-state index in [2.05, 4.69) is 15.5 Å². The zero-order chi connectivity index (χ0) is 15.7. The molecule has 3 rings (SSSR count). The van der Waals surface area contributed by atoms with E-state index >= 15 is 0 Å². The molecule has 0 radical (unpaired) electrons. The molecule has 1 amide bonds. The molecule has 2 heterocycles. The molecule has 0 fully saturated rings. The molecule has 22 heavy (non-hydrogen) atoms. The predicted octanol–water partition coefficient (Wildman–Crippen LogP) is 2.67. The van der Waals surface area contributed by atoms with Crippen LogP contribution in [0.5, 0.6) is 0 Å². The summed E-state index contributed by atoms with van der Waals surface area (Å²) in [6.07, 6.45) is 1.74. The van der Waals surface area contributed by atoms with Crippen molar-refractivity contribution in [1.82, 2.24) is 19.9 Å². The molecule has 0 aliphatic rings. The Morgan fingerprint density at radius 2 is 1.91 bits per heavy atom. The molecule has 0 bridgehead atoms. The number of halogens is 1. The zero-order valence-corrected chi connectivity index (χ0v) is 12.2. The third-order valence-corrected chi connectivity index (χ3v) is 3.19. The summed E-state index contributed by atoms with van der Waals surface area (Å²) in [5.74, 6) is 0.153. The topological polar surface area (TPSA) is 59.3 Å². The molecule has 5 nitrogen and oxygen atoms in total. The number of hydrogen-bond acceptors (Lipinski definition) is 3. The fourth-order valence-electron chi connectivity index (χ4n) is 2.17. The maximum atomic E-state index is 13.0. The molecule has 0 spiro atoms. The van der Waals surface area contributed by atoms with Gasteiger partial charge in [0.2, 0.25) is 0 Å². The van der Waals surface area contributed by atoms with Gasteiger partial charge in [-0.15, -0.1) is 10.2 Å². The van der Waals surface area contributed by atoms with Crippen LogP contribution in [0.2, 0.25) is 0 Å². The van der Waals surface area contributed by atoms with Gasteiger partial charge < -0.3 is 5.32 Å². The van der Waals surface area contributed by atoms with Gasteiger partial charge in [0, 0.05) is 23.4 Å². The highest BCUT2D eigenvalue weighted by Crippen LogP contribution is 2.19. The van der Waals surface area contributed by atoms with Crippen LogP contribution in [0, 0.1) is 5.82 Å². The van der Waals surface area contributed by atoms with Gasteiger partial charge in [-0.25, -0.2) is 4.39 Å². The van der Waals surface area contributed by atoms with E-state index in [0.717, 1.165) is 5.56 Å². The second-order valence-electron chi connectivity index (χ2n) is 5.30. The lowest BCUT2D eigenvalue weighted by Gasteiger charge is -2.08. The number of carbonyl (C=O) groups is 1. The normalized spacial score (nSPS) is 11.1. The largest absolute Gasteiger partial charge is 0.350 e. The van der Waals surface area contributed by atoms with Crippen LogP contribution in [-0.2, 0) is 0 Å². The van der Waals surface area contributed by atoms with Gasteiger partial charge in [-0.2, -0.15) is 0 Å². The first-order valence-electron chi connectivity index (χ1n) is 6.96. The van der Waals surface area contributed by atoms with E-state index in [1.165, 1.54) is 12.1 Å². The summed E-state index contributed by atoms with van der Waals surface area (Å²) in [6.45, 7) is 3.81. The van der Waals surface area contributed by atoms with Crippen molar-refractivity contribution in [3.8, 4) is 11.4 Å². The molecular formula is C16H15FN4O. The molecule has 0 aliphatic heterocycles. The van der Waals surface area contributed by atoms with Crippen molar-refractivity contribution in [3.63, 3.8) is 0 Å². The molecule has 0 saturated heterocycles. The lowest BCUT2D eigenvalue weighted by atomic mass is 10.2. The number of hydrogen-bond donors (Lipinski definition) is 1. The van der Waals surface area contributed by atoms with Crippen LogP contribution in [0.15, 0.2) is 42.6 Å². The number of fused-ring (bicyclic) bond motifs is 1. The number of rotatable bonds is 3. The maximum Gasteiger partial charge on any atom is 0.251 e. The fourth-order valence-corrected chi connectivity index (χ4v) is 2.17. The molecule has 112 valence electrons. The zero-order valence-electron chi connectivity index (χ0n) is 12.2. The fraction of sp³-hybridized carbons (Fsp3) is 0.188. The van der Waals surface area contributed by atoms with Gasteiger partial charge in [-0.3, -0.25) is 9.20 Å². The quantitative estimate of drug-likeness (QED) is 0.808. The Morgan fingerprint density at radius 3 is 2.59 bits per heavy atom. The van der Waals surface area contributed by atoms with Crippen LogP contribution >= 0.6 is 0 Å². The maximum absolute atomic E-state index is 13.0. The lowest BCUT2D eigenvalue weighted by Crippen LogP contribution is -2.30. The summed E-state index contributed by atoms with van der Waals surface area (Å²) >= 11 is 0. The first kappa shape index (κ1) is 14.2. The summed E-state index contributed by atoms with van der Waals surface area (Å²) in [7, 11) is 0. The Balaban J connectivity index is 1.99. The molecule has 1 N–H and O–H groups in total. The molecule has 0 saturated carbocycles. The van der Waals surface area contributed by atoms with Gasteiger partial charge in [0.15, 0.2) is 11.5 Å². The Labute approximate surface area is 126 Å². The van der Waals surface area contributed by atoms with Crippen LogP contribution in [0.4, 0.5) is 4.39 Å². The van der Waals surface area contributed by atoms with E-state index in [9.17, 15) is 9.18 Å². The SMILES string of the molecule is CC(C)NC(=O)c1ccn2c(-c3ccc(F)cc3)nnc2c1. The first-order chi connectivity index (χ1) is 10.5. The molecule has 2 aromatic heterocycles. The molecule has 6 heteroatoms. The van der Waals surface area contributed by atoms with Crippen molar-refractivity contribution < 1.29 is 9.18 Å². The summed E-state index contributed by atoms with van der Waals surface area (Å²) in [5, 5.41) is 11.0. The minimum atomic E-state index is -0.301. The van der Waals surface area contributed by atoms with E-state index in [1.807, 2.05) is 13.8 Å². The molecule has 0 aliphatic carbocycles. The monoisotopic (exact) mass is 298 g/mol. The Kier molecular flexibility index (Phi) is 3.58. The van der Waals surface area contributed by atoms with Crippen molar-refractivity contribution in [2.75, 3.05) is 0 Å². The number of benzene rings is 1. The molecule has 1 aromatic carbocycles. The number of pyridine rings is 1. The highest BCUT2D eigenvalue weighted by molar-refractivity contribution is 5.95. The molecular weight excluding hydrogens is 283 g/mol. The van der Waals surface area contributed by atoms with E-state index < -0.39 is 0 Å². The van der Waals surface area contributed by atoms with E-state index in [4.69, 9.17) is 0 Å². The third kappa shape index (κ3) is 2.67. The Hall–Kier alpha value is -2.76. The van der Waals surface area contributed by atoms with Crippen LogP contribution in [0.25, 0.3) is 17.0 Å². The summed E-state index contributed by atoms with van der Waals surface area (Å²) in [4.78, 5) is 12.0. The van der Waals surface area contributed by atoms with Crippen molar-refractivity contribution >= 4 is 11.6 Å².